The minimum Gasteiger partial charge on any atom is -0.341 e. The molecule has 0 aromatic rings. The Morgan fingerprint density at radius 2 is 2.50 bits per heavy atom. The predicted molar refractivity (Wildman–Crippen MR) is 39.5 cm³/mol. The van der Waals surface area contributed by atoms with Crippen LogP contribution in [0.3, 0.4) is 0 Å². The molecule has 0 bridgehead atoms. The Bertz CT molecular complexity index is 136. The van der Waals surface area contributed by atoms with Crippen molar-refractivity contribution in [3.63, 3.8) is 0 Å². The summed E-state index contributed by atoms with van der Waals surface area (Å²) in [5.41, 5.74) is 5.62. The van der Waals surface area contributed by atoms with Crippen LogP contribution in [0.5, 0.6) is 0 Å². The molecule has 0 unspecified atom stereocenters. The second-order valence-electron chi connectivity index (χ2n) is 2.74. The van der Waals surface area contributed by atoms with Crippen molar-refractivity contribution in [2.75, 3.05) is 13.1 Å². The molecule has 3 heteroatoms. The number of hydrogen-bond donors (Lipinski definition) is 1. The molecule has 3 nitrogen and oxygen atoms in total. The SMILES string of the molecule is CCC(=O)N1CC[C@H](N)C1. The van der Waals surface area contributed by atoms with Gasteiger partial charge in [0.2, 0.25) is 5.91 Å². The summed E-state index contributed by atoms with van der Waals surface area (Å²) >= 11 is 0. The highest BCUT2D eigenvalue weighted by atomic mass is 16.2. The van der Waals surface area contributed by atoms with Gasteiger partial charge >= 0.3 is 0 Å². The number of amides is 1. The minimum absolute atomic E-state index is 0.218. The quantitative estimate of drug-likeness (QED) is 0.558. The van der Waals surface area contributed by atoms with E-state index in [-0.39, 0.29) is 11.9 Å². The molecule has 0 aromatic carbocycles. The van der Waals surface area contributed by atoms with Crippen molar-refractivity contribution < 1.29 is 4.79 Å². The second-order valence-corrected chi connectivity index (χ2v) is 2.74. The Labute approximate surface area is 61.2 Å². The largest absolute Gasteiger partial charge is 0.341 e. The highest BCUT2D eigenvalue weighted by Crippen LogP contribution is 2.07. The van der Waals surface area contributed by atoms with Gasteiger partial charge in [-0.25, -0.2) is 0 Å². The van der Waals surface area contributed by atoms with E-state index in [4.69, 9.17) is 5.73 Å². The average molecular weight is 142 g/mol. The zero-order valence-electron chi connectivity index (χ0n) is 6.34. The molecule has 1 saturated heterocycles. The first-order valence-electron chi connectivity index (χ1n) is 3.77. The van der Waals surface area contributed by atoms with Gasteiger partial charge in [0.1, 0.15) is 0 Å². The van der Waals surface area contributed by atoms with Crippen molar-refractivity contribution in [2.45, 2.75) is 25.8 Å². The molecule has 1 rings (SSSR count). The summed E-state index contributed by atoms with van der Waals surface area (Å²) < 4.78 is 0. The van der Waals surface area contributed by atoms with Crippen LogP contribution in [0.4, 0.5) is 0 Å². The lowest BCUT2D eigenvalue weighted by Gasteiger charge is -2.13. The third kappa shape index (κ3) is 1.48. The zero-order valence-corrected chi connectivity index (χ0v) is 6.34. The first kappa shape index (κ1) is 7.54. The molecule has 2 N–H and O–H groups in total. The van der Waals surface area contributed by atoms with Crippen molar-refractivity contribution in [3.05, 3.63) is 0 Å². The van der Waals surface area contributed by atoms with E-state index < -0.39 is 0 Å². The van der Waals surface area contributed by atoms with Crippen LogP contribution in [0.25, 0.3) is 0 Å². The Kier molecular flexibility index (Phi) is 2.27. The van der Waals surface area contributed by atoms with Gasteiger partial charge in [0.05, 0.1) is 0 Å². The number of rotatable bonds is 1. The van der Waals surface area contributed by atoms with Crippen LogP contribution in [-0.2, 0) is 4.79 Å². The van der Waals surface area contributed by atoms with Crippen molar-refractivity contribution >= 4 is 5.91 Å². The van der Waals surface area contributed by atoms with E-state index >= 15 is 0 Å². The van der Waals surface area contributed by atoms with Gasteiger partial charge in [0.15, 0.2) is 0 Å². The monoisotopic (exact) mass is 142 g/mol. The van der Waals surface area contributed by atoms with Crippen molar-refractivity contribution in [3.8, 4) is 0 Å². The number of likely N-dealkylation sites (tertiary alicyclic amines) is 1. The molecule has 58 valence electrons. The summed E-state index contributed by atoms with van der Waals surface area (Å²) in [4.78, 5) is 12.9. The molecule has 0 radical (unpaired) electrons. The van der Waals surface area contributed by atoms with E-state index in [9.17, 15) is 4.79 Å². The summed E-state index contributed by atoms with van der Waals surface area (Å²) in [6, 6.07) is 0.218. The summed E-state index contributed by atoms with van der Waals surface area (Å²) in [7, 11) is 0. The second kappa shape index (κ2) is 3.01. The zero-order chi connectivity index (χ0) is 7.56. The first-order chi connectivity index (χ1) is 4.74. The normalized spacial score (nSPS) is 25.4. The van der Waals surface area contributed by atoms with Gasteiger partial charge in [-0.2, -0.15) is 0 Å². The van der Waals surface area contributed by atoms with Crippen LogP contribution in [0, 0.1) is 0 Å². The van der Waals surface area contributed by atoms with Gasteiger partial charge < -0.3 is 10.6 Å². The molecule has 1 aliphatic heterocycles. The van der Waals surface area contributed by atoms with E-state index in [1.54, 1.807) is 0 Å². The Morgan fingerprint density at radius 1 is 1.80 bits per heavy atom. The highest BCUT2D eigenvalue weighted by Gasteiger charge is 2.21. The van der Waals surface area contributed by atoms with Crippen LogP contribution < -0.4 is 5.73 Å². The van der Waals surface area contributed by atoms with Gasteiger partial charge in [0, 0.05) is 25.6 Å². The van der Waals surface area contributed by atoms with Gasteiger partial charge in [0.25, 0.3) is 0 Å². The average Bonchev–Trinajstić information content (AvgIpc) is 2.34. The van der Waals surface area contributed by atoms with E-state index in [0.29, 0.717) is 6.42 Å². The molecule has 0 spiro atoms. The van der Waals surface area contributed by atoms with E-state index in [1.807, 2.05) is 11.8 Å². The van der Waals surface area contributed by atoms with Crippen LogP contribution in [0.2, 0.25) is 0 Å². The number of carbonyl (C=O) groups is 1. The van der Waals surface area contributed by atoms with Gasteiger partial charge in [-0.3, -0.25) is 4.79 Å². The Hall–Kier alpha value is -0.570. The lowest BCUT2D eigenvalue weighted by atomic mass is 10.3. The van der Waals surface area contributed by atoms with Gasteiger partial charge in [-0.05, 0) is 6.42 Å². The molecule has 0 saturated carbocycles. The molecule has 1 heterocycles. The van der Waals surface area contributed by atoms with E-state index in [0.717, 1.165) is 19.5 Å². The molecule has 10 heavy (non-hydrogen) atoms. The van der Waals surface area contributed by atoms with Crippen LogP contribution in [0.1, 0.15) is 19.8 Å². The van der Waals surface area contributed by atoms with Crippen LogP contribution >= 0.6 is 0 Å². The lowest BCUT2D eigenvalue weighted by molar-refractivity contribution is -0.129. The van der Waals surface area contributed by atoms with Gasteiger partial charge in [-0.1, -0.05) is 6.92 Å². The Morgan fingerprint density at radius 3 is 2.90 bits per heavy atom. The van der Waals surface area contributed by atoms with Crippen molar-refractivity contribution in [2.24, 2.45) is 5.73 Å². The topological polar surface area (TPSA) is 46.3 Å². The fourth-order valence-corrected chi connectivity index (χ4v) is 1.24. The smallest absolute Gasteiger partial charge is 0.222 e. The minimum atomic E-state index is 0.218. The van der Waals surface area contributed by atoms with Gasteiger partial charge in [-0.15, -0.1) is 0 Å². The summed E-state index contributed by atoms with van der Waals surface area (Å²) in [6.07, 6.45) is 1.57. The van der Waals surface area contributed by atoms with Crippen molar-refractivity contribution in [1.29, 1.82) is 0 Å². The maximum Gasteiger partial charge on any atom is 0.222 e. The van der Waals surface area contributed by atoms with Crippen LogP contribution in [0.15, 0.2) is 0 Å². The third-order valence-electron chi connectivity index (χ3n) is 1.88. The fourth-order valence-electron chi connectivity index (χ4n) is 1.24. The summed E-state index contributed by atoms with van der Waals surface area (Å²) in [5, 5.41) is 0. The molecule has 1 fully saturated rings. The molecule has 1 atom stereocenters. The number of hydrogen-bond acceptors (Lipinski definition) is 2. The molecule has 1 aliphatic rings. The molecular formula is C7H14N2O. The lowest BCUT2D eigenvalue weighted by Crippen LogP contribution is -2.31. The third-order valence-corrected chi connectivity index (χ3v) is 1.88. The molecule has 1 amide bonds. The van der Waals surface area contributed by atoms with Crippen molar-refractivity contribution in [1.82, 2.24) is 4.90 Å². The molecule has 0 aromatic heterocycles. The maximum absolute atomic E-state index is 11.0. The standard InChI is InChI=1S/C7H14N2O/c1-2-7(10)9-4-3-6(8)5-9/h6H,2-5,8H2,1H3/t6-/m0/s1. The first-order valence-corrected chi connectivity index (χ1v) is 3.77. The van der Waals surface area contributed by atoms with E-state index in [1.165, 1.54) is 0 Å². The molecule has 0 aliphatic carbocycles. The van der Waals surface area contributed by atoms with Crippen LogP contribution in [-0.4, -0.2) is 29.9 Å². The highest BCUT2D eigenvalue weighted by molar-refractivity contribution is 5.76. The fraction of sp³-hybridized carbons (Fsp3) is 0.857. The maximum atomic E-state index is 11.0. The summed E-state index contributed by atoms with van der Waals surface area (Å²) in [5.74, 6) is 0.230. The number of nitrogens with zero attached hydrogens (tertiary/aromatic N) is 1. The molecular weight excluding hydrogens is 128 g/mol. The number of carbonyl (C=O) groups excluding carboxylic acids is 1. The number of nitrogens with two attached hydrogens (primary N) is 1. The van der Waals surface area contributed by atoms with E-state index in [2.05, 4.69) is 0 Å². The predicted octanol–water partition coefficient (Wildman–Crippen LogP) is -0.0440. The summed E-state index contributed by atoms with van der Waals surface area (Å²) in [6.45, 7) is 3.49. The Balaban J connectivity index is 2.37.